The maximum atomic E-state index is 13.8. The molecule has 10 heteroatoms. The molecule has 0 saturated carbocycles. The second-order valence-corrected chi connectivity index (χ2v) is 7.18. The van der Waals surface area contributed by atoms with Crippen molar-refractivity contribution >= 4 is 17.4 Å². The molecule has 0 N–H and O–H groups in total. The third-order valence-electron chi connectivity index (χ3n) is 5.17. The van der Waals surface area contributed by atoms with Gasteiger partial charge in [0.1, 0.15) is 18.0 Å². The Labute approximate surface area is 175 Å². The van der Waals surface area contributed by atoms with Crippen molar-refractivity contribution in [2.75, 3.05) is 25.5 Å². The van der Waals surface area contributed by atoms with Crippen molar-refractivity contribution in [3.05, 3.63) is 65.4 Å². The van der Waals surface area contributed by atoms with Gasteiger partial charge in [0, 0.05) is 44.2 Å². The molecule has 6 nitrogen and oxygen atoms in total. The molecule has 0 radical (unpaired) electrons. The van der Waals surface area contributed by atoms with E-state index in [0.717, 1.165) is 17.7 Å². The van der Waals surface area contributed by atoms with Gasteiger partial charge in [-0.1, -0.05) is 0 Å². The minimum Gasteiger partial charge on any atom is -0.341 e. The maximum absolute atomic E-state index is 13.8. The highest BCUT2D eigenvalue weighted by molar-refractivity contribution is 5.98. The Morgan fingerprint density at radius 1 is 1.10 bits per heavy atom. The van der Waals surface area contributed by atoms with E-state index in [4.69, 9.17) is 0 Å². The van der Waals surface area contributed by atoms with Crippen molar-refractivity contribution in [1.29, 1.82) is 0 Å². The zero-order chi connectivity index (χ0) is 22.3. The molecule has 3 aromatic rings. The van der Waals surface area contributed by atoms with E-state index in [-0.39, 0.29) is 17.4 Å². The molecule has 0 saturated heterocycles. The van der Waals surface area contributed by atoms with Gasteiger partial charge in [0.2, 0.25) is 0 Å². The van der Waals surface area contributed by atoms with E-state index in [9.17, 15) is 22.4 Å². The lowest BCUT2D eigenvalue weighted by atomic mass is 9.97. The number of hydrogen-bond donors (Lipinski definition) is 0. The standard InChI is InChI=1S/C21H17F4N5O/c1-29-6-4-15-16(20(29)31)3-5-26-19(15)17-10-18(28-11-27-17)30(2)14-8-12(21(23,24)25)7-13(22)9-14/h3,5,7-11H,4,6H2,1-2H3. The summed E-state index contributed by atoms with van der Waals surface area (Å²) in [5.41, 5.74) is 1.10. The average molecular weight is 431 g/mol. The number of anilines is 2. The van der Waals surface area contributed by atoms with Crippen LogP contribution in [0.5, 0.6) is 0 Å². The van der Waals surface area contributed by atoms with E-state index >= 15 is 0 Å². The van der Waals surface area contributed by atoms with Gasteiger partial charge in [-0.3, -0.25) is 9.78 Å². The quantitative estimate of drug-likeness (QED) is 0.585. The number of halogens is 4. The second-order valence-electron chi connectivity index (χ2n) is 7.18. The summed E-state index contributed by atoms with van der Waals surface area (Å²) in [7, 11) is 3.20. The van der Waals surface area contributed by atoms with Crippen molar-refractivity contribution in [1.82, 2.24) is 19.9 Å². The third kappa shape index (κ3) is 3.92. The Balaban J connectivity index is 1.74. The third-order valence-corrected chi connectivity index (χ3v) is 5.17. The van der Waals surface area contributed by atoms with Crippen molar-refractivity contribution in [3.63, 3.8) is 0 Å². The molecule has 1 aromatic carbocycles. The summed E-state index contributed by atoms with van der Waals surface area (Å²) in [6.07, 6.45) is -1.32. The smallest absolute Gasteiger partial charge is 0.341 e. The topological polar surface area (TPSA) is 62.2 Å². The first-order valence-electron chi connectivity index (χ1n) is 9.32. The van der Waals surface area contributed by atoms with Crippen LogP contribution in [0.25, 0.3) is 11.4 Å². The van der Waals surface area contributed by atoms with E-state index in [0.29, 0.717) is 36.0 Å². The van der Waals surface area contributed by atoms with Crippen LogP contribution < -0.4 is 4.90 Å². The monoisotopic (exact) mass is 431 g/mol. The first-order chi connectivity index (χ1) is 14.6. The minimum atomic E-state index is -4.68. The normalized spacial score (nSPS) is 13.9. The van der Waals surface area contributed by atoms with Gasteiger partial charge in [-0.25, -0.2) is 14.4 Å². The number of likely N-dealkylation sites (N-methyl/N-ethyl adjacent to an activating group) is 1. The molecule has 4 rings (SSSR count). The Kier molecular flexibility index (Phi) is 5.08. The number of pyridine rings is 1. The lowest BCUT2D eigenvalue weighted by Gasteiger charge is -2.26. The molecule has 0 bridgehead atoms. The number of fused-ring (bicyclic) bond motifs is 1. The van der Waals surface area contributed by atoms with Gasteiger partial charge in [0.05, 0.1) is 17.0 Å². The fourth-order valence-electron chi connectivity index (χ4n) is 3.48. The largest absolute Gasteiger partial charge is 0.416 e. The maximum Gasteiger partial charge on any atom is 0.416 e. The van der Waals surface area contributed by atoms with E-state index in [1.165, 1.54) is 24.5 Å². The van der Waals surface area contributed by atoms with Crippen molar-refractivity contribution in [3.8, 4) is 11.4 Å². The molecule has 1 amide bonds. The highest BCUT2D eigenvalue weighted by Crippen LogP contribution is 2.34. The first kappa shape index (κ1) is 20.7. The molecule has 31 heavy (non-hydrogen) atoms. The van der Waals surface area contributed by atoms with Crippen LogP contribution in [-0.2, 0) is 12.6 Å². The molecule has 160 valence electrons. The number of alkyl halides is 3. The molecule has 0 fully saturated rings. The summed E-state index contributed by atoms with van der Waals surface area (Å²) in [5.74, 6) is -0.870. The van der Waals surface area contributed by atoms with E-state index in [2.05, 4.69) is 15.0 Å². The Bertz CT molecular complexity index is 1160. The van der Waals surface area contributed by atoms with Crippen LogP contribution in [0.4, 0.5) is 29.1 Å². The number of aromatic nitrogens is 3. The second kappa shape index (κ2) is 7.60. The van der Waals surface area contributed by atoms with Gasteiger partial charge < -0.3 is 9.80 Å². The van der Waals surface area contributed by atoms with Crippen LogP contribution in [0.3, 0.4) is 0 Å². The summed E-state index contributed by atoms with van der Waals surface area (Å²) >= 11 is 0. The SMILES string of the molecule is CN1CCc2c(ccnc2-c2cc(N(C)c3cc(F)cc(C(F)(F)F)c3)ncn2)C1=O. The highest BCUT2D eigenvalue weighted by atomic mass is 19.4. The zero-order valence-electron chi connectivity index (χ0n) is 16.6. The molecule has 2 aromatic heterocycles. The van der Waals surface area contributed by atoms with Crippen molar-refractivity contribution in [2.24, 2.45) is 0 Å². The van der Waals surface area contributed by atoms with Crippen LogP contribution >= 0.6 is 0 Å². The fraction of sp³-hybridized carbons (Fsp3) is 0.238. The Morgan fingerprint density at radius 2 is 1.87 bits per heavy atom. The van der Waals surface area contributed by atoms with Crippen LogP contribution in [0.2, 0.25) is 0 Å². The summed E-state index contributed by atoms with van der Waals surface area (Å²) < 4.78 is 53.0. The van der Waals surface area contributed by atoms with Crippen LogP contribution in [-0.4, -0.2) is 46.4 Å². The zero-order valence-corrected chi connectivity index (χ0v) is 16.6. The van der Waals surface area contributed by atoms with Gasteiger partial charge in [-0.15, -0.1) is 0 Å². The van der Waals surface area contributed by atoms with E-state index < -0.39 is 17.6 Å². The molecule has 3 heterocycles. The molecule has 1 aliphatic heterocycles. The number of carbonyl (C=O) groups excluding carboxylic acids is 1. The van der Waals surface area contributed by atoms with Gasteiger partial charge in [-0.2, -0.15) is 13.2 Å². The summed E-state index contributed by atoms with van der Waals surface area (Å²) in [6.45, 7) is 0.534. The van der Waals surface area contributed by atoms with Crippen LogP contribution in [0, 0.1) is 5.82 Å². The minimum absolute atomic E-state index is 0.0168. The van der Waals surface area contributed by atoms with E-state index in [1.54, 1.807) is 24.1 Å². The number of hydrogen-bond acceptors (Lipinski definition) is 5. The number of rotatable bonds is 3. The van der Waals surface area contributed by atoms with Gasteiger partial charge >= 0.3 is 6.18 Å². The predicted octanol–water partition coefficient (Wildman–Crippen LogP) is 4.09. The van der Waals surface area contributed by atoms with Gasteiger partial charge in [0.25, 0.3) is 5.91 Å². The van der Waals surface area contributed by atoms with Crippen molar-refractivity contribution < 1.29 is 22.4 Å². The summed E-state index contributed by atoms with van der Waals surface area (Å²) in [4.78, 5) is 28.1. The first-order valence-corrected chi connectivity index (χ1v) is 9.32. The highest BCUT2D eigenvalue weighted by Gasteiger charge is 2.32. The Morgan fingerprint density at radius 3 is 2.61 bits per heavy atom. The molecular formula is C21H17F4N5O. The fourth-order valence-corrected chi connectivity index (χ4v) is 3.48. The van der Waals surface area contributed by atoms with E-state index in [1.807, 2.05) is 0 Å². The molecule has 0 unspecified atom stereocenters. The lowest BCUT2D eigenvalue weighted by Crippen LogP contribution is -2.34. The lowest BCUT2D eigenvalue weighted by molar-refractivity contribution is -0.137. The van der Waals surface area contributed by atoms with Crippen LogP contribution in [0.1, 0.15) is 21.5 Å². The number of benzene rings is 1. The average Bonchev–Trinajstić information content (AvgIpc) is 2.74. The van der Waals surface area contributed by atoms with Gasteiger partial charge in [0.15, 0.2) is 0 Å². The van der Waals surface area contributed by atoms with Gasteiger partial charge in [-0.05, 0) is 36.2 Å². The molecular weight excluding hydrogens is 414 g/mol. The number of amides is 1. The molecule has 1 aliphatic rings. The number of carbonyl (C=O) groups is 1. The number of nitrogens with zero attached hydrogens (tertiary/aromatic N) is 5. The molecule has 0 atom stereocenters. The predicted molar refractivity (Wildman–Crippen MR) is 105 cm³/mol. The summed E-state index contributed by atoms with van der Waals surface area (Å²) in [6, 6.07) is 5.48. The molecule has 0 spiro atoms. The van der Waals surface area contributed by atoms with Crippen LogP contribution in [0.15, 0.2) is 42.9 Å². The summed E-state index contributed by atoms with van der Waals surface area (Å²) in [5, 5.41) is 0. The van der Waals surface area contributed by atoms with Crippen molar-refractivity contribution in [2.45, 2.75) is 12.6 Å². The molecule has 0 aliphatic carbocycles. The Hall–Kier alpha value is -3.56.